The van der Waals surface area contributed by atoms with Gasteiger partial charge in [-0.1, -0.05) is 30.3 Å². The third-order valence-corrected chi connectivity index (χ3v) is 3.29. The number of ether oxygens (including phenoxy) is 1. The fourth-order valence-corrected chi connectivity index (χ4v) is 1.97. The van der Waals surface area contributed by atoms with E-state index in [2.05, 4.69) is 10.6 Å². The fraction of sp³-hybridized carbons (Fsp3) is 0.467. The monoisotopic (exact) mass is 276 g/mol. The molecule has 0 aliphatic heterocycles. The highest BCUT2D eigenvalue weighted by molar-refractivity contribution is 5.86. The Morgan fingerprint density at radius 3 is 2.60 bits per heavy atom. The van der Waals surface area contributed by atoms with Gasteiger partial charge in [-0.3, -0.25) is 4.79 Å². The van der Waals surface area contributed by atoms with Gasteiger partial charge in [0.2, 0.25) is 5.91 Å². The second-order valence-corrected chi connectivity index (χ2v) is 5.01. The van der Waals surface area contributed by atoms with Gasteiger partial charge in [0, 0.05) is 0 Å². The van der Waals surface area contributed by atoms with E-state index in [1.165, 1.54) is 20.0 Å². The zero-order chi connectivity index (χ0) is 14.4. The van der Waals surface area contributed by atoms with Gasteiger partial charge in [-0.25, -0.2) is 4.79 Å². The van der Waals surface area contributed by atoms with Crippen molar-refractivity contribution in [2.75, 3.05) is 20.2 Å². The molecule has 0 spiro atoms. The number of hydrogen-bond acceptors (Lipinski definition) is 4. The van der Waals surface area contributed by atoms with Gasteiger partial charge in [0.25, 0.3) is 0 Å². The van der Waals surface area contributed by atoms with Crippen molar-refractivity contribution in [2.45, 2.75) is 18.9 Å². The summed E-state index contributed by atoms with van der Waals surface area (Å²) in [4.78, 5) is 23.7. The van der Waals surface area contributed by atoms with E-state index in [4.69, 9.17) is 4.74 Å². The molecule has 108 valence electrons. The SMILES string of the molecule is COC(=O)C(NC(=O)CNCC1CC1)c1ccccc1. The molecule has 0 aromatic heterocycles. The average molecular weight is 276 g/mol. The summed E-state index contributed by atoms with van der Waals surface area (Å²) in [6, 6.07) is 8.33. The molecule has 0 radical (unpaired) electrons. The van der Waals surface area contributed by atoms with Crippen LogP contribution in [0.5, 0.6) is 0 Å². The Kier molecular flexibility index (Phi) is 5.12. The van der Waals surface area contributed by atoms with Gasteiger partial charge in [-0.15, -0.1) is 0 Å². The Morgan fingerprint density at radius 2 is 2.00 bits per heavy atom. The van der Waals surface area contributed by atoms with E-state index < -0.39 is 12.0 Å². The van der Waals surface area contributed by atoms with Gasteiger partial charge >= 0.3 is 5.97 Å². The maximum atomic E-state index is 11.9. The van der Waals surface area contributed by atoms with Crippen molar-refractivity contribution in [1.29, 1.82) is 0 Å². The van der Waals surface area contributed by atoms with Crippen molar-refractivity contribution < 1.29 is 14.3 Å². The van der Waals surface area contributed by atoms with Crippen LogP contribution in [0.1, 0.15) is 24.4 Å². The molecular formula is C15H20N2O3. The van der Waals surface area contributed by atoms with Crippen molar-refractivity contribution in [3.05, 3.63) is 35.9 Å². The van der Waals surface area contributed by atoms with Crippen molar-refractivity contribution in [2.24, 2.45) is 5.92 Å². The molecule has 1 aliphatic carbocycles. The van der Waals surface area contributed by atoms with Gasteiger partial charge < -0.3 is 15.4 Å². The van der Waals surface area contributed by atoms with Gasteiger partial charge in [-0.2, -0.15) is 0 Å². The molecule has 1 aliphatic rings. The summed E-state index contributed by atoms with van der Waals surface area (Å²) in [5, 5.41) is 5.80. The van der Waals surface area contributed by atoms with Crippen LogP contribution in [0.4, 0.5) is 0 Å². The summed E-state index contributed by atoms with van der Waals surface area (Å²) < 4.78 is 4.75. The lowest BCUT2D eigenvalue weighted by atomic mass is 10.1. The molecule has 0 bridgehead atoms. The van der Waals surface area contributed by atoms with Crippen LogP contribution in [0.15, 0.2) is 30.3 Å². The smallest absolute Gasteiger partial charge is 0.333 e. The standard InChI is InChI=1S/C15H20N2O3/c1-20-15(19)14(12-5-3-2-4-6-12)17-13(18)10-16-9-11-7-8-11/h2-6,11,14,16H,7-10H2,1H3,(H,17,18). The molecule has 1 fully saturated rings. The number of carbonyl (C=O) groups is 2. The molecule has 1 unspecified atom stereocenters. The molecular weight excluding hydrogens is 256 g/mol. The van der Waals surface area contributed by atoms with Crippen molar-refractivity contribution >= 4 is 11.9 Å². The number of methoxy groups -OCH3 is 1. The summed E-state index contributed by atoms with van der Waals surface area (Å²) in [6.45, 7) is 1.08. The van der Waals surface area contributed by atoms with E-state index in [0.717, 1.165) is 12.1 Å². The Labute approximate surface area is 118 Å². The Hall–Kier alpha value is -1.88. The topological polar surface area (TPSA) is 67.4 Å². The number of esters is 1. The highest BCUT2D eigenvalue weighted by Gasteiger charge is 2.24. The van der Waals surface area contributed by atoms with Crippen LogP contribution < -0.4 is 10.6 Å². The first-order valence-corrected chi connectivity index (χ1v) is 6.83. The molecule has 5 heteroatoms. The second kappa shape index (κ2) is 7.05. The highest BCUT2D eigenvalue weighted by Crippen LogP contribution is 2.27. The minimum absolute atomic E-state index is 0.204. The van der Waals surface area contributed by atoms with E-state index in [1.807, 2.05) is 18.2 Å². The molecule has 0 saturated heterocycles. The molecule has 20 heavy (non-hydrogen) atoms. The lowest BCUT2D eigenvalue weighted by Crippen LogP contribution is -2.40. The lowest BCUT2D eigenvalue weighted by molar-refractivity contribution is -0.145. The van der Waals surface area contributed by atoms with E-state index >= 15 is 0 Å². The molecule has 1 atom stereocenters. The summed E-state index contributed by atoms with van der Waals surface area (Å²) in [6.07, 6.45) is 2.48. The van der Waals surface area contributed by atoms with E-state index in [1.54, 1.807) is 12.1 Å². The Morgan fingerprint density at radius 1 is 1.30 bits per heavy atom. The van der Waals surface area contributed by atoms with Crippen LogP contribution >= 0.6 is 0 Å². The van der Waals surface area contributed by atoms with Crippen LogP contribution in [0.25, 0.3) is 0 Å². The average Bonchev–Trinajstić information content (AvgIpc) is 3.29. The predicted octanol–water partition coefficient (Wildman–Crippen LogP) is 1.02. The van der Waals surface area contributed by atoms with Gasteiger partial charge in [0.1, 0.15) is 0 Å². The molecule has 1 aromatic rings. The molecule has 5 nitrogen and oxygen atoms in total. The fourth-order valence-electron chi connectivity index (χ4n) is 1.97. The largest absolute Gasteiger partial charge is 0.467 e. The van der Waals surface area contributed by atoms with E-state index in [-0.39, 0.29) is 12.5 Å². The summed E-state index contributed by atoms with van der Waals surface area (Å²) in [5.41, 5.74) is 0.717. The third kappa shape index (κ3) is 4.35. The van der Waals surface area contributed by atoms with Gasteiger partial charge in [0.05, 0.1) is 13.7 Å². The number of carbonyl (C=O) groups excluding carboxylic acids is 2. The van der Waals surface area contributed by atoms with E-state index in [0.29, 0.717) is 5.92 Å². The second-order valence-electron chi connectivity index (χ2n) is 5.01. The minimum atomic E-state index is -0.753. The quantitative estimate of drug-likeness (QED) is 0.730. The van der Waals surface area contributed by atoms with Crippen molar-refractivity contribution in [3.63, 3.8) is 0 Å². The highest BCUT2D eigenvalue weighted by atomic mass is 16.5. The van der Waals surface area contributed by atoms with Crippen molar-refractivity contribution in [1.82, 2.24) is 10.6 Å². The molecule has 2 N–H and O–H groups in total. The summed E-state index contributed by atoms with van der Waals surface area (Å²) in [7, 11) is 1.32. The van der Waals surface area contributed by atoms with Crippen LogP contribution in [-0.2, 0) is 14.3 Å². The number of hydrogen-bond donors (Lipinski definition) is 2. The van der Waals surface area contributed by atoms with Gasteiger partial charge in [0.15, 0.2) is 6.04 Å². The molecule has 1 aromatic carbocycles. The summed E-state index contributed by atoms with van der Waals surface area (Å²) >= 11 is 0. The van der Waals surface area contributed by atoms with Gasteiger partial charge in [-0.05, 0) is 30.9 Å². The third-order valence-electron chi connectivity index (χ3n) is 3.29. The number of amides is 1. The van der Waals surface area contributed by atoms with Crippen LogP contribution in [0, 0.1) is 5.92 Å². The zero-order valence-corrected chi connectivity index (χ0v) is 11.6. The Bertz CT molecular complexity index is 457. The van der Waals surface area contributed by atoms with Crippen LogP contribution in [-0.4, -0.2) is 32.1 Å². The molecule has 2 rings (SSSR count). The van der Waals surface area contributed by atoms with Crippen LogP contribution in [0.2, 0.25) is 0 Å². The number of rotatable bonds is 7. The van der Waals surface area contributed by atoms with Crippen molar-refractivity contribution in [3.8, 4) is 0 Å². The summed E-state index contributed by atoms with van der Waals surface area (Å²) in [5.74, 6) is 0.0463. The first kappa shape index (κ1) is 14.5. The minimum Gasteiger partial charge on any atom is -0.467 e. The maximum Gasteiger partial charge on any atom is 0.333 e. The molecule has 1 amide bonds. The first-order chi connectivity index (χ1) is 9.70. The number of nitrogens with one attached hydrogen (secondary N) is 2. The first-order valence-electron chi connectivity index (χ1n) is 6.83. The lowest BCUT2D eigenvalue weighted by Gasteiger charge is -2.17. The number of benzene rings is 1. The zero-order valence-electron chi connectivity index (χ0n) is 11.6. The molecule has 1 saturated carbocycles. The molecule has 0 heterocycles. The maximum absolute atomic E-state index is 11.9. The normalized spacial score (nSPS) is 15.4. The van der Waals surface area contributed by atoms with Crippen LogP contribution in [0.3, 0.4) is 0 Å². The Balaban J connectivity index is 1.89. The van der Waals surface area contributed by atoms with E-state index in [9.17, 15) is 9.59 Å². The predicted molar refractivity (Wildman–Crippen MR) is 74.9 cm³/mol.